The molecule has 1 aromatic rings. The van der Waals surface area contributed by atoms with Gasteiger partial charge in [-0.25, -0.2) is 0 Å². The van der Waals surface area contributed by atoms with Crippen LogP contribution in [0, 0.1) is 0 Å². The number of ether oxygens (including phenoxy) is 2. The van der Waals surface area contributed by atoms with Gasteiger partial charge < -0.3 is 25.4 Å². The normalized spacial score (nSPS) is 28.0. The number of fused-ring (bicyclic) bond motifs is 1. The van der Waals surface area contributed by atoms with Crippen molar-refractivity contribution < 1.29 is 14.3 Å². The third-order valence-corrected chi connectivity index (χ3v) is 4.87. The van der Waals surface area contributed by atoms with Crippen LogP contribution in [-0.2, 0) is 14.3 Å². The van der Waals surface area contributed by atoms with E-state index in [0.717, 1.165) is 29.8 Å². The molecule has 0 radical (unpaired) electrons. The summed E-state index contributed by atoms with van der Waals surface area (Å²) in [4.78, 5) is 15.2. The van der Waals surface area contributed by atoms with Crippen molar-refractivity contribution in [1.82, 2.24) is 5.32 Å². The summed E-state index contributed by atoms with van der Waals surface area (Å²) in [5, 5.41) is 3.41. The zero-order valence-corrected chi connectivity index (χ0v) is 13.9. The number of nitrogen functional groups attached to an aromatic ring is 1. The number of anilines is 2. The van der Waals surface area contributed by atoms with Crippen LogP contribution in [0.4, 0.5) is 11.4 Å². The van der Waals surface area contributed by atoms with Crippen molar-refractivity contribution >= 4 is 22.9 Å². The van der Waals surface area contributed by atoms with E-state index in [1.165, 1.54) is 0 Å². The minimum atomic E-state index is 0.0442. The topological polar surface area (TPSA) is 76.8 Å². The number of nitrogens with two attached hydrogens (primary N) is 1. The number of morpholine rings is 1. The lowest BCUT2D eigenvalue weighted by atomic mass is 10.0. The van der Waals surface area contributed by atoms with Crippen molar-refractivity contribution in [3.63, 3.8) is 0 Å². The molecule has 0 aliphatic carbocycles. The Balaban J connectivity index is 1.80. The van der Waals surface area contributed by atoms with Crippen LogP contribution in [0.2, 0.25) is 0 Å². The molecule has 3 N–H and O–H groups in total. The van der Waals surface area contributed by atoms with E-state index in [2.05, 4.69) is 12.2 Å². The van der Waals surface area contributed by atoms with Crippen molar-refractivity contribution in [3.05, 3.63) is 29.5 Å². The summed E-state index contributed by atoms with van der Waals surface area (Å²) in [5.41, 5.74) is 10.1. The molecule has 1 aromatic carbocycles. The first-order valence-electron chi connectivity index (χ1n) is 8.54. The largest absolute Gasteiger partial charge is 0.399 e. The summed E-state index contributed by atoms with van der Waals surface area (Å²) < 4.78 is 11.1. The lowest BCUT2D eigenvalue weighted by Crippen LogP contribution is -2.43. The van der Waals surface area contributed by atoms with Gasteiger partial charge in [0.05, 0.1) is 30.2 Å². The lowest BCUT2D eigenvalue weighted by Gasteiger charge is -2.31. The fourth-order valence-electron chi connectivity index (χ4n) is 3.77. The molecule has 2 saturated heterocycles. The molecule has 6 nitrogen and oxygen atoms in total. The van der Waals surface area contributed by atoms with Crippen molar-refractivity contribution in [2.24, 2.45) is 0 Å². The van der Waals surface area contributed by atoms with Crippen LogP contribution in [0.1, 0.15) is 25.3 Å². The summed E-state index contributed by atoms with van der Waals surface area (Å²) >= 11 is 0. The second-order valence-corrected chi connectivity index (χ2v) is 6.71. The number of carbonyl (C=O) groups excluding carboxylic acids is 1. The molecule has 0 saturated carbocycles. The zero-order chi connectivity index (χ0) is 16.7. The van der Waals surface area contributed by atoms with Crippen LogP contribution in [0.3, 0.4) is 0 Å². The molecule has 3 heterocycles. The number of hydrogen-bond donors (Lipinski definition) is 2. The Kier molecular flexibility index (Phi) is 3.94. The van der Waals surface area contributed by atoms with E-state index in [1.54, 1.807) is 0 Å². The number of nitrogens with one attached hydrogen (secondary N) is 1. The Morgan fingerprint density at radius 1 is 1.25 bits per heavy atom. The van der Waals surface area contributed by atoms with Gasteiger partial charge in [0.15, 0.2) is 0 Å². The molecule has 4 rings (SSSR count). The van der Waals surface area contributed by atoms with Crippen LogP contribution in [-0.4, -0.2) is 44.4 Å². The molecule has 24 heavy (non-hydrogen) atoms. The Bertz CT molecular complexity index is 695. The first kappa shape index (κ1) is 15.5. The average molecular weight is 329 g/mol. The predicted molar refractivity (Wildman–Crippen MR) is 92.5 cm³/mol. The van der Waals surface area contributed by atoms with Crippen LogP contribution >= 0.6 is 0 Å². The fraction of sp³-hybridized carbons (Fsp3) is 0.500. The molecule has 0 bridgehead atoms. The van der Waals surface area contributed by atoms with E-state index >= 15 is 0 Å². The smallest absolute Gasteiger partial charge is 0.261 e. The highest BCUT2D eigenvalue weighted by atomic mass is 16.5. The summed E-state index contributed by atoms with van der Waals surface area (Å²) in [6, 6.07) is 6.08. The molecule has 1 amide bonds. The Hall–Kier alpha value is -2.05. The second-order valence-electron chi connectivity index (χ2n) is 6.71. The van der Waals surface area contributed by atoms with Gasteiger partial charge in [-0.05, 0) is 38.0 Å². The first-order chi connectivity index (χ1) is 11.6. The summed E-state index contributed by atoms with van der Waals surface area (Å²) in [5.74, 6) is 0.0442. The number of carbonyl (C=O) groups is 1. The maximum absolute atomic E-state index is 13.3. The number of hydrogen-bond acceptors (Lipinski definition) is 5. The average Bonchev–Trinajstić information content (AvgIpc) is 2.86. The van der Waals surface area contributed by atoms with Crippen molar-refractivity contribution in [1.29, 1.82) is 0 Å². The van der Waals surface area contributed by atoms with Crippen LogP contribution in [0.25, 0.3) is 5.57 Å². The number of rotatable bonds is 1. The number of benzene rings is 1. The third-order valence-electron chi connectivity index (χ3n) is 4.87. The van der Waals surface area contributed by atoms with E-state index in [-0.39, 0.29) is 18.0 Å². The van der Waals surface area contributed by atoms with Crippen molar-refractivity contribution in [3.8, 4) is 0 Å². The number of nitrogens with zero attached hydrogens (tertiary/aromatic N) is 1. The molecule has 0 spiro atoms. The summed E-state index contributed by atoms with van der Waals surface area (Å²) in [7, 11) is 0. The fourth-order valence-corrected chi connectivity index (χ4v) is 3.77. The van der Waals surface area contributed by atoms with Crippen LogP contribution in [0.5, 0.6) is 0 Å². The van der Waals surface area contributed by atoms with Gasteiger partial charge in [0.1, 0.15) is 0 Å². The lowest BCUT2D eigenvalue weighted by molar-refractivity contribution is -0.113. The molecule has 0 aromatic heterocycles. The van der Waals surface area contributed by atoms with Crippen LogP contribution in [0.15, 0.2) is 23.9 Å². The van der Waals surface area contributed by atoms with Crippen LogP contribution < -0.4 is 16.0 Å². The minimum Gasteiger partial charge on any atom is -0.399 e. The van der Waals surface area contributed by atoms with Gasteiger partial charge in [-0.2, -0.15) is 0 Å². The van der Waals surface area contributed by atoms with E-state index in [1.807, 2.05) is 23.1 Å². The SMILES string of the molecule is CC1COC/C(=C2/C(=O)N(C3CCOCC3)c3ccc(N)cc32)N1. The van der Waals surface area contributed by atoms with Gasteiger partial charge >= 0.3 is 0 Å². The molecular weight excluding hydrogens is 306 g/mol. The van der Waals surface area contributed by atoms with Gasteiger partial charge in [0.25, 0.3) is 5.91 Å². The summed E-state index contributed by atoms with van der Waals surface area (Å²) in [6.07, 6.45) is 1.72. The molecule has 6 heteroatoms. The van der Waals surface area contributed by atoms with E-state index < -0.39 is 0 Å². The Morgan fingerprint density at radius 2 is 2.04 bits per heavy atom. The van der Waals surface area contributed by atoms with Gasteiger partial charge in [-0.3, -0.25) is 4.79 Å². The highest BCUT2D eigenvalue weighted by molar-refractivity contribution is 6.33. The molecule has 1 unspecified atom stereocenters. The van der Waals surface area contributed by atoms with Gasteiger partial charge in [-0.1, -0.05) is 0 Å². The quantitative estimate of drug-likeness (QED) is 0.603. The van der Waals surface area contributed by atoms with Gasteiger partial charge in [0, 0.05) is 36.5 Å². The second kappa shape index (κ2) is 6.11. The van der Waals surface area contributed by atoms with E-state index in [9.17, 15) is 4.79 Å². The molecule has 3 aliphatic heterocycles. The van der Waals surface area contributed by atoms with Crippen molar-refractivity contribution in [2.45, 2.75) is 31.8 Å². The summed E-state index contributed by atoms with van der Waals surface area (Å²) in [6.45, 7) is 4.53. The molecular formula is C18H23N3O3. The third kappa shape index (κ3) is 2.56. The highest BCUT2D eigenvalue weighted by Gasteiger charge is 2.39. The van der Waals surface area contributed by atoms with Gasteiger partial charge in [-0.15, -0.1) is 0 Å². The standard InChI is InChI=1S/C18H23N3O3/c1-11-9-24-10-15(20-11)17-14-8-12(19)2-3-16(14)21(18(17)22)13-4-6-23-7-5-13/h2-3,8,11,13,20H,4-7,9-10,19H2,1H3/b17-15-. The maximum Gasteiger partial charge on any atom is 0.261 e. The first-order valence-corrected chi connectivity index (χ1v) is 8.54. The zero-order valence-electron chi connectivity index (χ0n) is 13.9. The number of amides is 1. The van der Waals surface area contributed by atoms with Gasteiger partial charge in [0.2, 0.25) is 0 Å². The Morgan fingerprint density at radius 3 is 2.79 bits per heavy atom. The molecule has 128 valence electrons. The highest BCUT2D eigenvalue weighted by Crippen LogP contribution is 2.42. The predicted octanol–water partition coefficient (Wildman–Crippen LogP) is 1.51. The molecule has 1 atom stereocenters. The maximum atomic E-state index is 13.3. The van der Waals surface area contributed by atoms with E-state index in [4.69, 9.17) is 15.2 Å². The Labute approximate surface area is 141 Å². The van der Waals surface area contributed by atoms with Crippen molar-refractivity contribution in [2.75, 3.05) is 37.1 Å². The molecule has 2 fully saturated rings. The monoisotopic (exact) mass is 329 g/mol. The molecule has 3 aliphatic rings. The minimum absolute atomic E-state index is 0.0442. The van der Waals surface area contributed by atoms with E-state index in [0.29, 0.717) is 37.7 Å².